The van der Waals surface area contributed by atoms with E-state index in [9.17, 15) is 13.6 Å². The molecule has 0 bridgehead atoms. The van der Waals surface area contributed by atoms with E-state index < -0.39 is 17.0 Å². The van der Waals surface area contributed by atoms with Gasteiger partial charge in [-0.1, -0.05) is 13.8 Å². The number of halogens is 2. The van der Waals surface area contributed by atoms with Crippen LogP contribution in [0.25, 0.3) is 11.3 Å². The maximum atomic E-state index is 13.3. The molecule has 0 fully saturated rings. The number of hydrogen-bond donors (Lipinski definition) is 3. The number of anilines is 1. The van der Waals surface area contributed by atoms with Crippen molar-refractivity contribution in [3.05, 3.63) is 35.9 Å². The lowest BCUT2D eigenvalue weighted by Crippen LogP contribution is -2.41. The van der Waals surface area contributed by atoms with E-state index in [0.717, 1.165) is 6.07 Å². The molecule has 2 rings (SSSR count). The third-order valence-electron chi connectivity index (χ3n) is 4.22. The largest absolute Gasteiger partial charge is 0.329 e. The van der Waals surface area contributed by atoms with E-state index >= 15 is 0 Å². The highest BCUT2D eigenvalue weighted by atomic mass is 19.1. The summed E-state index contributed by atoms with van der Waals surface area (Å²) >= 11 is 0. The molecule has 124 valence electrons. The molecular formula is C16H20F2N4O. The van der Waals surface area contributed by atoms with Crippen LogP contribution in [0, 0.1) is 17.0 Å². The van der Waals surface area contributed by atoms with Crippen molar-refractivity contribution in [3.63, 3.8) is 0 Å². The summed E-state index contributed by atoms with van der Waals surface area (Å²) in [4.78, 5) is 12.4. The molecule has 0 saturated heterocycles. The molecule has 0 atom stereocenters. The molecule has 4 N–H and O–H groups in total. The fourth-order valence-corrected chi connectivity index (χ4v) is 2.44. The number of nitrogens with zero attached hydrogens (tertiary/aromatic N) is 1. The van der Waals surface area contributed by atoms with Crippen molar-refractivity contribution in [1.82, 2.24) is 10.2 Å². The highest BCUT2D eigenvalue weighted by molar-refractivity contribution is 5.95. The van der Waals surface area contributed by atoms with Crippen LogP contribution in [0.1, 0.15) is 26.7 Å². The summed E-state index contributed by atoms with van der Waals surface area (Å²) in [5, 5.41) is 9.33. The van der Waals surface area contributed by atoms with Crippen molar-refractivity contribution < 1.29 is 13.6 Å². The van der Waals surface area contributed by atoms with E-state index in [1.54, 1.807) is 0 Å². The summed E-state index contributed by atoms with van der Waals surface area (Å²) in [7, 11) is 0. The molecule has 1 aromatic heterocycles. The van der Waals surface area contributed by atoms with E-state index in [-0.39, 0.29) is 18.3 Å². The number of nitrogens with two attached hydrogens (primary N) is 1. The SMILES string of the molecule is CCC(CC)(CN)C(=O)Nc1cc(-c2cc(F)cc(F)c2)[nH]n1. The summed E-state index contributed by atoms with van der Waals surface area (Å²) in [6.07, 6.45) is 1.22. The van der Waals surface area contributed by atoms with Crippen molar-refractivity contribution in [1.29, 1.82) is 0 Å². The van der Waals surface area contributed by atoms with E-state index in [2.05, 4.69) is 15.5 Å². The Hall–Kier alpha value is -2.28. The number of amides is 1. The molecule has 0 saturated carbocycles. The molecule has 0 aliphatic heterocycles. The zero-order chi connectivity index (χ0) is 17.0. The van der Waals surface area contributed by atoms with Crippen LogP contribution < -0.4 is 11.1 Å². The van der Waals surface area contributed by atoms with Gasteiger partial charge >= 0.3 is 0 Å². The lowest BCUT2D eigenvalue weighted by atomic mass is 9.81. The monoisotopic (exact) mass is 322 g/mol. The number of nitrogens with one attached hydrogen (secondary N) is 2. The van der Waals surface area contributed by atoms with Gasteiger partial charge in [0.25, 0.3) is 0 Å². The highest BCUT2D eigenvalue weighted by Gasteiger charge is 2.33. The van der Waals surface area contributed by atoms with Crippen molar-refractivity contribution >= 4 is 11.7 Å². The average Bonchev–Trinajstić information content (AvgIpc) is 2.97. The second kappa shape index (κ2) is 6.87. The van der Waals surface area contributed by atoms with E-state index in [4.69, 9.17) is 5.73 Å². The predicted octanol–water partition coefficient (Wildman–Crippen LogP) is 3.06. The summed E-state index contributed by atoms with van der Waals surface area (Å²) in [5.41, 5.74) is 5.81. The van der Waals surface area contributed by atoms with Gasteiger partial charge in [0, 0.05) is 24.2 Å². The second-order valence-electron chi connectivity index (χ2n) is 5.47. The van der Waals surface area contributed by atoms with Crippen LogP contribution in [-0.4, -0.2) is 22.6 Å². The topological polar surface area (TPSA) is 83.8 Å². The number of carbonyl (C=O) groups is 1. The first-order chi connectivity index (χ1) is 10.9. The van der Waals surface area contributed by atoms with Gasteiger partial charge in [-0.25, -0.2) is 8.78 Å². The lowest BCUT2D eigenvalue weighted by molar-refractivity contribution is -0.125. The Morgan fingerprint density at radius 2 is 1.83 bits per heavy atom. The van der Waals surface area contributed by atoms with Crippen LogP contribution in [0.5, 0.6) is 0 Å². The fraction of sp³-hybridized carbons (Fsp3) is 0.375. The van der Waals surface area contributed by atoms with E-state index in [1.165, 1.54) is 18.2 Å². The minimum Gasteiger partial charge on any atom is -0.329 e. The molecule has 1 heterocycles. The maximum Gasteiger partial charge on any atom is 0.233 e. The molecule has 5 nitrogen and oxygen atoms in total. The lowest BCUT2D eigenvalue weighted by Gasteiger charge is -2.27. The molecule has 0 radical (unpaired) electrons. The average molecular weight is 322 g/mol. The quantitative estimate of drug-likeness (QED) is 0.764. The first-order valence-electron chi connectivity index (χ1n) is 7.47. The van der Waals surface area contributed by atoms with Gasteiger partial charge in [-0.3, -0.25) is 9.89 Å². The molecule has 0 aliphatic carbocycles. The second-order valence-corrected chi connectivity index (χ2v) is 5.47. The van der Waals surface area contributed by atoms with Crippen molar-refractivity contribution in [2.24, 2.45) is 11.1 Å². The molecular weight excluding hydrogens is 302 g/mol. The number of rotatable bonds is 6. The summed E-state index contributed by atoms with van der Waals surface area (Å²) in [5.74, 6) is -1.29. The summed E-state index contributed by atoms with van der Waals surface area (Å²) in [6.45, 7) is 4.04. The maximum absolute atomic E-state index is 13.3. The summed E-state index contributed by atoms with van der Waals surface area (Å²) < 4.78 is 26.5. The van der Waals surface area contributed by atoms with Crippen LogP contribution in [0.4, 0.5) is 14.6 Å². The van der Waals surface area contributed by atoms with Gasteiger partial charge in [-0.15, -0.1) is 0 Å². The number of benzene rings is 1. The van der Waals surface area contributed by atoms with Gasteiger partial charge < -0.3 is 11.1 Å². The van der Waals surface area contributed by atoms with Crippen molar-refractivity contribution in [2.75, 3.05) is 11.9 Å². The predicted molar refractivity (Wildman–Crippen MR) is 84.6 cm³/mol. The van der Waals surface area contributed by atoms with Gasteiger partial charge in [0.2, 0.25) is 5.91 Å². The summed E-state index contributed by atoms with van der Waals surface area (Å²) in [6, 6.07) is 4.69. The molecule has 7 heteroatoms. The number of aromatic amines is 1. The van der Waals surface area contributed by atoms with E-state index in [1.807, 2.05) is 13.8 Å². The molecule has 1 aromatic carbocycles. The van der Waals surface area contributed by atoms with Crippen LogP contribution in [-0.2, 0) is 4.79 Å². The van der Waals surface area contributed by atoms with Gasteiger partial charge in [0.15, 0.2) is 5.82 Å². The Kier molecular flexibility index (Phi) is 5.10. The Morgan fingerprint density at radius 3 is 2.35 bits per heavy atom. The van der Waals surface area contributed by atoms with Gasteiger partial charge in [-0.05, 0) is 25.0 Å². The Bertz CT molecular complexity index is 667. The van der Waals surface area contributed by atoms with Gasteiger partial charge in [0.1, 0.15) is 11.6 Å². The first-order valence-corrected chi connectivity index (χ1v) is 7.47. The van der Waals surface area contributed by atoms with Crippen molar-refractivity contribution in [2.45, 2.75) is 26.7 Å². The molecule has 0 spiro atoms. The smallest absolute Gasteiger partial charge is 0.233 e. The first kappa shape index (κ1) is 17.1. The normalized spacial score (nSPS) is 11.5. The van der Waals surface area contributed by atoms with Crippen LogP contribution in [0.2, 0.25) is 0 Å². The fourth-order valence-electron chi connectivity index (χ4n) is 2.44. The zero-order valence-electron chi connectivity index (χ0n) is 13.1. The third kappa shape index (κ3) is 3.56. The van der Waals surface area contributed by atoms with Crippen LogP contribution in [0.15, 0.2) is 24.3 Å². The standard InChI is InChI=1S/C16H20F2N4O/c1-3-16(4-2,9-19)15(23)20-14-8-13(21-22-14)10-5-11(17)7-12(18)6-10/h5-8H,3-4,9,19H2,1-2H3,(H2,20,21,22,23). The number of carbonyl (C=O) groups excluding carboxylic acids is 1. The Morgan fingerprint density at radius 1 is 1.22 bits per heavy atom. The van der Waals surface area contributed by atoms with Gasteiger partial charge in [-0.2, -0.15) is 5.10 Å². The van der Waals surface area contributed by atoms with Crippen molar-refractivity contribution in [3.8, 4) is 11.3 Å². The molecule has 23 heavy (non-hydrogen) atoms. The Labute approximate surface area is 133 Å². The zero-order valence-corrected chi connectivity index (χ0v) is 13.1. The minimum atomic E-state index is -0.681. The highest BCUT2D eigenvalue weighted by Crippen LogP contribution is 2.28. The molecule has 1 amide bonds. The number of aromatic nitrogens is 2. The number of H-pyrrole nitrogens is 1. The Balaban J connectivity index is 2.21. The minimum absolute atomic E-state index is 0.214. The molecule has 0 aliphatic rings. The number of hydrogen-bond acceptors (Lipinski definition) is 3. The van der Waals surface area contributed by atoms with E-state index in [0.29, 0.717) is 24.1 Å². The third-order valence-corrected chi connectivity index (χ3v) is 4.22. The van der Waals surface area contributed by atoms with Gasteiger partial charge in [0.05, 0.1) is 11.1 Å². The van der Waals surface area contributed by atoms with Crippen LogP contribution in [0.3, 0.4) is 0 Å². The van der Waals surface area contributed by atoms with Crippen LogP contribution >= 0.6 is 0 Å². The molecule has 2 aromatic rings. The molecule has 0 unspecified atom stereocenters.